The summed E-state index contributed by atoms with van der Waals surface area (Å²) in [6.45, 7) is 6.14. The molecule has 4 rings (SSSR count). The van der Waals surface area contributed by atoms with Crippen LogP contribution in [0.2, 0.25) is 0 Å². The van der Waals surface area contributed by atoms with E-state index in [2.05, 4.69) is 25.6 Å². The first-order valence-electron chi connectivity index (χ1n) is 11.4. The standard InChI is InChI=1S/C27H29N5O3/c1-27(2,3)35-26(33)32-24-16-19(15-18-8-9-21(34-4)17-22(18)24)23-11-14-30-25(31-23)29-13-10-20-7-5-6-12-28-20/h5-9,11-12,14-17H,10,13H2,1-4H3,(H,32,33)(H,29,30,31). The Morgan fingerprint density at radius 1 is 1.00 bits per heavy atom. The number of rotatable bonds is 7. The number of amides is 1. The smallest absolute Gasteiger partial charge is 0.412 e. The number of nitrogens with one attached hydrogen (secondary N) is 2. The molecule has 0 spiro atoms. The van der Waals surface area contributed by atoms with Crippen LogP contribution in [0.25, 0.3) is 22.0 Å². The second kappa shape index (κ2) is 10.4. The number of nitrogens with zero attached hydrogens (tertiary/aromatic N) is 3. The summed E-state index contributed by atoms with van der Waals surface area (Å²) in [7, 11) is 1.61. The molecule has 2 N–H and O–H groups in total. The van der Waals surface area contributed by atoms with Crippen molar-refractivity contribution in [1.29, 1.82) is 0 Å². The molecule has 4 aromatic rings. The third kappa shape index (κ3) is 6.44. The molecule has 0 bridgehead atoms. The minimum atomic E-state index is -0.613. The number of methoxy groups -OCH3 is 1. The normalized spacial score (nSPS) is 11.2. The van der Waals surface area contributed by atoms with E-state index in [1.54, 1.807) is 19.5 Å². The SMILES string of the molecule is COc1ccc2cc(-c3ccnc(NCCc4ccccn4)n3)cc(NC(=O)OC(C)(C)C)c2c1. The van der Waals surface area contributed by atoms with Crippen LogP contribution in [0.5, 0.6) is 5.75 Å². The number of fused-ring (bicyclic) bond motifs is 1. The number of hydrogen-bond acceptors (Lipinski definition) is 7. The second-order valence-corrected chi connectivity index (χ2v) is 9.00. The molecule has 2 aromatic carbocycles. The lowest BCUT2D eigenvalue weighted by Crippen LogP contribution is -2.27. The van der Waals surface area contributed by atoms with Crippen LogP contribution in [-0.2, 0) is 11.2 Å². The van der Waals surface area contributed by atoms with E-state index in [1.807, 2.05) is 75.4 Å². The van der Waals surface area contributed by atoms with Crippen LogP contribution in [0.15, 0.2) is 67.0 Å². The lowest BCUT2D eigenvalue weighted by molar-refractivity contribution is 0.0636. The summed E-state index contributed by atoms with van der Waals surface area (Å²) in [6, 6.07) is 17.3. The fraction of sp³-hybridized carbons (Fsp3) is 0.259. The van der Waals surface area contributed by atoms with E-state index < -0.39 is 11.7 Å². The fourth-order valence-corrected chi connectivity index (χ4v) is 3.58. The fourth-order valence-electron chi connectivity index (χ4n) is 3.58. The number of aromatic nitrogens is 3. The summed E-state index contributed by atoms with van der Waals surface area (Å²) in [5.41, 5.74) is 2.56. The van der Waals surface area contributed by atoms with Crippen LogP contribution in [0, 0.1) is 0 Å². The summed E-state index contributed by atoms with van der Waals surface area (Å²) < 4.78 is 10.9. The molecule has 0 aliphatic rings. The summed E-state index contributed by atoms with van der Waals surface area (Å²) in [5.74, 6) is 1.22. The third-order valence-electron chi connectivity index (χ3n) is 5.14. The van der Waals surface area contributed by atoms with Gasteiger partial charge in [0, 0.05) is 42.0 Å². The van der Waals surface area contributed by atoms with E-state index in [0.717, 1.165) is 34.1 Å². The molecule has 0 saturated carbocycles. The Bertz CT molecular complexity index is 1320. The molecule has 8 heteroatoms. The quantitative estimate of drug-likeness (QED) is 0.357. The van der Waals surface area contributed by atoms with Gasteiger partial charge in [-0.25, -0.2) is 14.8 Å². The highest BCUT2D eigenvalue weighted by atomic mass is 16.6. The van der Waals surface area contributed by atoms with Gasteiger partial charge in [-0.15, -0.1) is 0 Å². The van der Waals surface area contributed by atoms with Gasteiger partial charge in [0.25, 0.3) is 0 Å². The molecule has 0 atom stereocenters. The van der Waals surface area contributed by atoms with Gasteiger partial charge in [0.05, 0.1) is 18.5 Å². The number of ether oxygens (including phenoxy) is 2. The Kier molecular flexibility index (Phi) is 7.10. The second-order valence-electron chi connectivity index (χ2n) is 9.00. The minimum absolute atomic E-state index is 0.523. The van der Waals surface area contributed by atoms with Crippen molar-refractivity contribution < 1.29 is 14.3 Å². The van der Waals surface area contributed by atoms with Crippen molar-refractivity contribution in [3.05, 3.63) is 72.7 Å². The molecule has 0 unspecified atom stereocenters. The molecule has 0 aliphatic heterocycles. The Morgan fingerprint density at radius 3 is 2.60 bits per heavy atom. The average molecular weight is 472 g/mol. The van der Waals surface area contributed by atoms with Crippen molar-refractivity contribution >= 4 is 28.5 Å². The first-order chi connectivity index (χ1) is 16.8. The van der Waals surface area contributed by atoms with Crippen molar-refractivity contribution in [1.82, 2.24) is 15.0 Å². The Morgan fingerprint density at radius 2 is 1.86 bits per heavy atom. The largest absolute Gasteiger partial charge is 0.497 e. The van der Waals surface area contributed by atoms with Crippen molar-refractivity contribution in [2.24, 2.45) is 0 Å². The molecule has 0 fully saturated rings. The topological polar surface area (TPSA) is 98.3 Å². The van der Waals surface area contributed by atoms with Gasteiger partial charge in [-0.05, 0) is 68.6 Å². The van der Waals surface area contributed by atoms with Crippen LogP contribution in [0.3, 0.4) is 0 Å². The molecular formula is C27H29N5O3. The van der Waals surface area contributed by atoms with Crippen LogP contribution in [0.1, 0.15) is 26.5 Å². The van der Waals surface area contributed by atoms with Gasteiger partial charge in [-0.3, -0.25) is 10.3 Å². The maximum absolute atomic E-state index is 12.6. The van der Waals surface area contributed by atoms with Gasteiger partial charge in [-0.2, -0.15) is 0 Å². The molecule has 0 radical (unpaired) electrons. The maximum atomic E-state index is 12.6. The zero-order chi connectivity index (χ0) is 24.8. The van der Waals surface area contributed by atoms with Crippen LogP contribution in [0.4, 0.5) is 16.4 Å². The molecule has 2 aromatic heterocycles. The lowest BCUT2D eigenvalue weighted by Gasteiger charge is -2.20. The Labute approximate surface area is 204 Å². The molecule has 0 aliphatic carbocycles. The van der Waals surface area contributed by atoms with E-state index in [4.69, 9.17) is 9.47 Å². The van der Waals surface area contributed by atoms with Crippen molar-refractivity contribution in [2.75, 3.05) is 24.3 Å². The van der Waals surface area contributed by atoms with Crippen LogP contribution >= 0.6 is 0 Å². The van der Waals surface area contributed by atoms with E-state index in [-0.39, 0.29) is 0 Å². The zero-order valence-corrected chi connectivity index (χ0v) is 20.3. The third-order valence-corrected chi connectivity index (χ3v) is 5.14. The summed E-state index contributed by atoms with van der Waals surface area (Å²) in [5, 5.41) is 7.91. The predicted molar refractivity (Wildman–Crippen MR) is 138 cm³/mol. The number of hydrogen-bond donors (Lipinski definition) is 2. The van der Waals surface area contributed by atoms with Gasteiger partial charge in [0.15, 0.2) is 0 Å². The monoisotopic (exact) mass is 471 g/mol. The van der Waals surface area contributed by atoms with E-state index in [1.165, 1.54) is 0 Å². The molecule has 180 valence electrons. The predicted octanol–water partition coefficient (Wildman–Crippen LogP) is 5.70. The highest BCUT2D eigenvalue weighted by molar-refractivity contribution is 6.03. The first-order valence-corrected chi connectivity index (χ1v) is 11.4. The molecule has 2 heterocycles. The van der Waals surface area contributed by atoms with E-state index in [0.29, 0.717) is 23.9 Å². The summed E-state index contributed by atoms with van der Waals surface area (Å²) in [6.07, 6.45) is 3.73. The van der Waals surface area contributed by atoms with Crippen LogP contribution in [-0.4, -0.2) is 40.3 Å². The molecule has 1 amide bonds. The lowest BCUT2D eigenvalue weighted by atomic mass is 10.0. The van der Waals surface area contributed by atoms with Gasteiger partial charge in [0.2, 0.25) is 5.95 Å². The number of pyridine rings is 1. The van der Waals surface area contributed by atoms with E-state index >= 15 is 0 Å². The van der Waals surface area contributed by atoms with Crippen molar-refractivity contribution in [2.45, 2.75) is 32.8 Å². The van der Waals surface area contributed by atoms with Crippen molar-refractivity contribution in [3.8, 4) is 17.0 Å². The summed E-state index contributed by atoms with van der Waals surface area (Å²) >= 11 is 0. The van der Waals surface area contributed by atoms with Crippen molar-refractivity contribution in [3.63, 3.8) is 0 Å². The van der Waals surface area contributed by atoms with Crippen LogP contribution < -0.4 is 15.4 Å². The van der Waals surface area contributed by atoms with Gasteiger partial charge >= 0.3 is 6.09 Å². The number of carbonyl (C=O) groups excluding carboxylic acids is 1. The molecule has 8 nitrogen and oxygen atoms in total. The van der Waals surface area contributed by atoms with Gasteiger partial charge < -0.3 is 14.8 Å². The zero-order valence-electron chi connectivity index (χ0n) is 20.3. The number of benzene rings is 2. The first kappa shape index (κ1) is 23.9. The summed E-state index contributed by atoms with van der Waals surface area (Å²) in [4.78, 5) is 25.9. The maximum Gasteiger partial charge on any atom is 0.412 e. The average Bonchev–Trinajstić information content (AvgIpc) is 2.83. The van der Waals surface area contributed by atoms with Gasteiger partial charge in [-0.1, -0.05) is 12.1 Å². The van der Waals surface area contributed by atoms with E-state index in [9.17, 15) is 4.79 Å². The minimum Gasteiger partial charge on any atom is -0.497 e. The molecule has 35 heavy (non-hydrogen) atoms. The number of anilines is 2. The molecular weight excluding hydrogens is 442 g/mol. The highest BCUT2D eigenvalue weighted by Gasteiger charge is 2.18. The molecule has 0 saturated heterocycles. The number of carbonyl (C=O) groups is 1. The van der Waals surface area contributed by atoms with Gasteiger partial charge in [0.1, 0.15) is 11.4 Å². The highest BCUT2D eigenvalue weighted by Crippen LogP contribution is 2.33. The Balaban J connectivity index is 1.62. The Hall–Kier alpha value is -4.20.